The van der Waals surface area contributed by atoms with Gasteiger partial charge in [0.15, 0.2) is 23.2 Å². The molecule has 0 fully saturated rings. The van der Waals surface area contributed by atoms with Crippen LogP contribution in [0.2, 0.25) is 13.1 Å². The number of aryl methyl sites for hydroxylation is 1. The molecule has 30 heavy (non-hydrogen) atoms. The van der Waals surface area contributed by atoms with E-state index in [-0.39, 0.29) is 22.7 Å². The summed E-state index contributed by atoms with van der Waals surface area (Å²) in [6.07, 6.45) is 4.64. The third kappa shape index (κ3) is 2.82. The quantitative estimate of drug-likeness (QED) is 0.572. The molecule has 0 atom stereocenters. The molecule has 3 nitrogen and oxygen atoms in total. The maximum absolute atomic E-state index is 15.4. The van der Waals surface area contributed by atoms with Crippen molar-refractivity contribution in [2.45, 2.75) is 26.9 Å². The van der Waals surface area contributed by atoms with Gasteiger partial charge in [-0.25, -0.2) is 8.78 Å². The van der Waals surface area contributed by atoms with Crippen molar-refractivity contribution in [3.63, 3.8) is 0 Å². The van der Waals surface area contributed by atoms with Crippen molar-refractivity contribution in [3.8, 4) is 5.75 Å². The van der Waals surface area contributed by atoms with Crippen LogP contribution in [0.4, 0.5) is 8.78 Å². The van der Waals surface area contributed by atoms with Crippen molar-refractivity contribution in [2.75, 3.05) is 0 Å². The lowest BCUT2D eigenvalue weighted by Crippen LogP contribution is -2.49. The van der Waals surface area contributed by atoms with Crippen molar-refractivity contribution in [2.24, 2.45) is 0 Å². The zero-order chi connectivity index (χ0) is 22.0. The fraction of sp³-hybridized carbons (Fsp3) is 0.167. The minimum Gasteiger partial charge on any atom is -0.508 e. The first-order chi connectivity index (χ1) is 14.0. The van der Waals surface area contributed by atoms with Gasteiger partial charge in [0, 0.05) is 5.56 Å². The Morgan fingerprint density at radius 1 is 1.07 bits per heavy atom. The number of Topliss-reactive ketones (excluding diaryl/α,β-unsaturated/α-hetero) is 1. The minimum atomic E-state index is -2.40. The molecule has 4 rings (SSSR count). The maximum Gasteiger partial charge on any atom is 0.178 e. The zero-order valence-electron chi connectivity index (χ0n) is 17.1. The molecule has 0 unspecified atom stereocenters. The van der Waals surface area contributed by atoms with E-state index >= 15 is 4.39 Å². The molecule has 1 aliphatic carbocycles. The molecule has 1 N–H and O–H groups in total. The Kier molecular flexibility index (Phi) is 4.51. The summed E-state index contributed by atoms with van der Waals surface area (Å²) in [5, 5.41) is 11.8. The SMILES string of the molecule is CC(=O)c1cc(C)c(C2=C3C=CC(=O)C=C3[Si](C)(C)c3cc(O)ccc32)c(F)c1F. The molecule has 0 radical (unpaired) electrons. The number of ketones is 2. The number of rotatable bonds is 2. The average molecular weight is 423 g/mol. The summed E-state index contributed by atoms with van der Waals surface area (Å²) in [4.78, 5) is 23.9. The van der Waals surface area contributed by atoms with Crippen LogP contribution in [0.25, 0.3) is 5.57 Å². The van der Waals surface area contributed by atoms with Gasteiger partial charge in [-0.3, -0.25) is 9.59 Å². The number of benzene rings is 2. The monoisotopic (exact) mass is 422 g/mol. The number of allylic oxidation sites excluding steroid dienone is 5. The summed E-state index contributed by atoms with van der Waals surface area (Å²) in [7, 11) is -2.40. The fourth-order valence-electron chi connectivity index (χ4n) is 4.40. The lowest BCUT2D eigenvalue weighted by atomic mass is 9.86. The average Bonchev–Trinajstić information content (AvgIpc) is 2.67. The van der Waals surface area contributed by atoms with Crippen LogP contribution in [-0.4, -0.2) is 24.7 Å². The summed E-state index contributed by atoms with van der Waals surface area (Å²) in [5.74, 6) is -2.91. The molecule has 0 spiro atoms. The first-order valence-corrected chi connectivity index (χ1v) is 12.6. The molecule has 0 aromatic heterocycles. The molecule has 2 aromatic carbocycles. The third-order valence-electron chi connectivity index (χ3n) is 5.91. The second-order valence-electron chi connectivity index (χ2n) is 8.24. The number of fused-ring (bicyclic) bond motifs is 2. The Bertz CT molecular complexity index is 1250. The van der Waals surface area contributed by atoms with Gasteiger partial charge < -0.3 is 5.11 Å². The highest BCUT2D eigenvalue weighted by Crippen LogP contribution is 2.43. The summed E-state index contributed by atoms with van der Waals surface area (Å²) in [6.45, 7) is 6.95. The number of aromatic hydroxyl groups is 1. The van der Waals surface area contributed by atoms with E-state index in [4.69, 9.17) is 0 Å². The van der Waals surface area contributed by atoms with Crippen molar-refractivity contribution in [3.05, 3.63) is 87.2 Å². The largest absolute Gasteiger partial charge is 0.508 e. The molecule has 2 aromatic rings. The molecule has 0 bridgehead atoms. The molecule has 1 heterocycles. The molecule has 2 aliphatic rings. The van der Waals surface area contributed by atoms with Gasteiger partial charge in [0.05, 0.1) is 5.56 Å². The third-order valence-corrected chi connectivity index (χ3v) is 9.43. The van der Waals surface area contributed by atoms with Gasteiger partial charge >= 0.3 is 0 Å². The summed E-state index contributed by atoms with van der Waals surface area (Å²) in [6, 6.07) is 6.24. The standard InChI is InChI=1S/C24H20F2O3Si/c1-12-9-18(13(2)27)23(25)24(26)21(12)22-16-7-5-14(28)10-19(16)30(3,4)20-11-15(29)6-8-17(20)22/h5-11,28H,1-4H3. The highest BCUT2D eigenvalue weighted by molar-refractivity contribution is 6.98. The molecule has 0 amide bonds. The van der Waals surface area contributed by atoms with Crippen molar-refractivity contribution in [1.82, 2.24) is 0 Å². The van der Waals surface area contributed by atoms with E-state index in [1.165, 1.54) is 25.1 Å². The number of phenols is 1. The van der Waals surface area contributed by atoms with E-state index in [1.807, 2.05) is 0 Å². The fourth-order valence-corrected chi connectivity index (χ4v) is 7.47. The van der Waals surface area contributed by atoms with Gasteiger partial charge in [-0.2, -0.15) is 0 Å². The van der Waals surface area contributed by atoms with E-state index < -0.39 is 25.5 Å². The molecule has 0 saturated carbocycles. The second-order valence-corrected chi connectivity index (χ2v) is 12.6. The highest BCUT2D eigenvalue weighted by Gasteiger charge is 2.41. The Morgan fingerprint density at radius 2 is 1.77 bits per heavy atom. The van der Waals surface area contributed by atoms with Gasteiger partial charge in [0.2, 0.25) is 0 Å². The van der Waals surface area contributed by atoms with Gasteiger partial charge in [-0.05, 0) is 76.9 Å². The normalized spacial score (nSPS) is 16.9. The number of carbonyl (C=O) groups is 2. The van der Waals surface area contributed by atoms with Crippen LogP contribution in [0.5, 0.6) is 5.75 Å². The summed E-state index contributed by atoms with van der Waals surface area (Å²) >= 11 is 0. The van der Waals surface area contributed by atoms with Crippen LogP contribution < -0.4 is 5.19 Å². The van der Waals surface area contributed by atoms with Crippen LogP contribution in [0, 0.1) is 18.6 Å². The molecular weight excluding hydrogens is 402 g/mol. The van der Waals surface area contributed by atoms with Gasteiger partial charge in [0.1, 0.15) is 13.8 Å². The summed E-state index contributed by atoms with van der Waals surface area (Å²) < 4.78 is 30.1. The first-order valence-electron chi connectivity index (χ1n) is 9.56. The lowest BCUT2D eigenvalue weighted by Gasteiger charge is -2.37. The number of carbonyl (C=O) groups excluding carboxylic acids is 2. The Labute approximate surface area is 174 Å². The van der Waals surface area contributed by atoms with Gasteiger partial charge in [0.25, 0.3) is 0 Å². The van der Waals surface area contributed by atoms with Crippen LogP contribution in [0.3, 0.4) is 0 Å². The summed E-state index contributed by atoms with van der Waals surface area (Å²) in [5.41, 5.74) is 2.05. The van der Waals surface area contributed by atoms with E-state index in [9.17, 15) is 19.1 Å². The number of phenolic OH excluding ortho intramolecular Hbond substituents is 1. The molecule has 152 valence electrons. The van der Waals surface area contributed by atoms with Crippen LogP contribution in [-0.2, 0) is 4.79 Å². The van der Waals surface area contributed by atoms with E-state index in [0.29, 0.717) is 22.3 Å². The lowest BCUT2D eigenvalue weighted by molar-refractivity contribution is -0.110. The topological polar surface area (TPSA) is 54.4 Å². The molecule has 1 aliphatic heterocycles. The van der Waals surface area contributed by atoms with E-state index in [1.54, 1.807) is 31.2 Å². The van der Waals surface area contributed by atoms with Crippen molar-refractivity contribution in [1.29, 1.82) is 0 Å². The van der Waals surface area contributed by atoms with Crippen molar-refractivity contribution < 1.29 is 23.5 Å². The van der Waals surface area contributed by atoms with E-state index in [2.05, 4.69) is 13.1 Å². The molecule has 6 heteroatoms. The van der Waals surface area contributed by atoms with E-state index in [0.717, 1.165) is 10.4 Å². The van der Waals surface area contributed by atoms with Crippen molar-refractivity contribution >= 4 is 30.4 Å². The molecular formula is C24H20F2O3Si. The minimum absolute atomic E-state index is 0.0637. The van der Waals surface area contributed by atoms with Crippen LogP contribution in [0.15, 0.2) is 53.3 Å². The first kappa shape index (κ1) is 20.2. The highest BCUT2D eigenvalue weighted by atomic mass is 28.3. The molecule has 0 saturated heterocycles. The van der Waals surface area contributed by atoms with Crippen LogP contribution in [0.1, 0.15) is 34.0 Å². The number of hydrogen-bond donors (Lipinski definition) is 1. The Hall–Kier alpha value is -3.12. The maximum atomic E-state index is 15.4. The van der Waals surface area contributed by atoms with Crippen LogP contribution >= 0.6 is 0 Å². The zero-order valence-corrected chi connectivity index (χ0v) is 18.1. The second kappa shape index (κ2) is 6.70. The number of halogens is 2. The Balaban J connectivity index is 2.16. The predicted octanol–water partition coefficient (Wildman–Crippen LogP) is 4.52. The smallest absolute Gasteiger partial charge is 0.178 e. The van der Waals surface area contributed by atoms with Gasteiger partial charge in [-0.15, -0.1) is 0 Å². The number of hydrogen-bond acceptors (Lipinski definition) is 3. The Morgan fingerprint density at radius 3 is 2.43 bits per heavy atom. The predicted molar refractivity (Wildman–Crippen MR) is 115 cm³/mol. The van der Waals surface area contributed by atoms with Gasteiger partial charge in [-0.1, -0.05) is 25.2 Å².